The van der Waals surface area contributed by atoms with Gasteiger partial charge in [0.1, 0.15) is 0 Å². The Morgan fingerprint density at radius 2 is 0.900 bits per heavy atom. The number of hydrogen-bond acceptors (Lipinski definition) is 4. The second-order valence-electron chi connectivity index (χ2n) is 5.48. The van der Waals surface area contributed by atoms with Gasteiger partial charge in [-0.05, 0) is 55.4 Å². The Labute approximate surface area is 122 Å². The molecule has 0 amide bonds. The van der Waals surface area contributed by atoms with Crippen molar-refractivity contribution in [3.63, 3.8) is 0 Å². The van der Waals surface area contributed by atoms with Crippen LogP contribution < -0.4 is 10.6 Å². The van der Waals surface area contributed by atoms with Gasteiger partial charge in [-0.15, -0.1) is 0 Å². The van der Waals surface area contributed by atoms with E-state index in [1.165, 1.54) is 0 Å². The van der Waals surface area contributed by atoms with Crippen LogP contribution in [0.4, 0.5) is 0 Å². The lowest BCUT2D eigenvalue weighted by atomic mass is 10.1. The molecule has 0 aliphatic rings. The molecule has 0 aliphatic carbocycles. The third-order valence-corrected chi connectivity index (χ3v) is 3.82. The summed E-state index contributed by atoms with van der Waals surface area (Å²) >= 11 is 0. The highest BCUT2D eigenvalue weighted by Crippen LogP contribution is 2.07. The second-order valence-corrected chi connectivity index (χ2v) is 5.48. The van der Waals surface area contributed by atoms with Crippen molar-refractivity contribution >= 4 is 11.6 Å². The van der Waals surface area contributed by atoms with Crippen molar-refractivity contribution in [1.82, 2.24) is 10.6 Å². The van der Waals surface area contributed by atoms with Crippen molar-refractivity contribution < 1.29 is 9.59 Å². The number of ketones is 2. The van der Waals surface area contributed by atoms with Gasteiger partial charge in [0.25, 0.3) is 0 Å². The fourth-order valence-electron chi connectivity index (χ4n) is 1.68. The Kier molecular flexibility index (Phi) is 7.25. The standard InChI is InChI=1S/C16H28N2O2/c1-9(15(7)19)11(3)17-13(5)14(6)18-12(4)10(2)16(8)20/h13-14,17-18H,1-8H3/b11-9-,12-10-. The summed E-state index contributed by atoms with van der Waals surface area (Å²) in [4.78, 5) is 22.6. The number of carbonyl (C=O) groups excluding carboxylic acids is 2. The van der Waals surface area contributed by atoms with E-state index in [4.69, 9.17) is 0 Å². The molecule has 2 N–H and O–H groups in total. The molecule has 4 heteroatoms. The van der Waals surface area contributed by atoms with E-state index >= 15 is 0 Å². The molecule has 0 saturated carbocycles. The fraction of sp³-hybridized carbons (Fsp3) is 0.625. The monoisotopic (exact) mass is 280 g/mol. The SMILES string of the molecule is CC(=O)/C(C)=C(/C)NC(C)C(C)N/C(C)=C(/C)C(C)=O. The minimum Gasteiger partial charge on any atom is -0.384 e. The molecular weight excluding hydrogens is 252 g/mol. The zero-order valence-corrected chi connectivity index (χ0v) is 14.0. The molecule has 0 bridgehead atoms. The molecule has 20 heavy (non-hydrogen) atoms. The first-order valence-corrected chi connectivity index (χ1v) is 6.97. The number of rotatable bonds is 7. The van der Waals surface area contributed by atoms with E-state index < -0.39 is 0 Å². The average Bonchev–Trinajstić information content (AvgIpc) is 2.35. The number of carbonyl (C=O) groups is 2. The molecule has 0 aromatic heterocycles. The number of Topliss-reactive ketones (excluding diaryl/α,β-unsaturated/α-hetero) is 2. The quantitative estimate of drug-likeness (QED) is 0.704. The maximum atomic E-state index is 11.3. The minimum absolute atomic E-state index is 0.0753. The van der Waals surface area contributed by atoms with Gasteiger partial charge in [0.2, 0.25) is 0 Å². The van der Waals surface area contributed by atoms with E-state index in [-0.39, 0.29) is 23.7 Å². The largest absolute Gasteiger partial charge is 0.384 e. The Morgan fingerprint density at radius 3 is 1.10 bits per heavy atom. The summed E-state index contributed by atoms with van der Waals surface area (Å²) < 4.78 is 0. The van der Waals surface area contributed by atoms with Crippen molar-refractivity contribution in [2.75, 3.05) is 0 Å². The maximum absolute atomic E-state index is 11.3. The van der Waals surface area contributed by atoms with Crippen molar-refractivity contribution in [1.29, 1.82) is 0 Å². The van der Waals surface area contributed by atoms with Gasteiger partial charge in [-0.3, -0.25) is 9.59 Å². The van der Waals surface area contributed by atoms with Crippen LogP contribution in [0.25, 0.3) is 0 Å². The van der Waals surface area contributed by atoms with Crippen LogP contribution in [0.1, 0.15) is 55.4 Å². The van der Waals surface area contributed by atoms with Crippen LogP contribution in [0.5, 0.6) is 0 Å². The number of hydrogen-bond donors (Lipinski definition) is 2. The third-order valence-electron chi connectivity index (χ3n) is 3.82. The highest BCUT2D eigenvalue weighted by atomic mass is 16.1. The molecule has 0 saturated heterocycles. The predicted molar refractivity (Wildman–Crippen MR) is 83.3 cm³/mol. The van der Waals surface area contributed by atoms with E-state index in [1.54, 1.807) is 13.8 Å². The fourth-order valence-corrected chi connectivity index (χ4v) is 1.68. The van der Waals surface area contributed by atoms with Crippen LogP contribution in [-0.4, -0.2) is 23.7 Å². The van der Waals surface area contributed by atoms with Crippen LogP contribution in [0.3, 0.4) is 0 Å². The summed E-state index contributed by atoms with van der Waals surface area (Å²) in [5.41, 5.74) is 3.28. The summed E-state index contributed by atoms with van der Waals surface area (Å²) in [5.74, 6) is 0.151. The average molecular weight is 280 g/mol. The highest BCUT2D eigenvalue weighted by Gasteiger charge is 2.14. The van der Waals surface area contributed by atoms with E-state index in [0.717, 1.165) is 22.5 Å². The first-order chi connectivity index (χ1) is 9.07. The molecule has 0 fully saturated rings. The van der Waals surface area contributed by atoms with Gasteiger partial charge < -0.3 is 10.6 Å². The van der Waals surface area contributed by atoms with Gasteiger partial charge in [0.15, 0.2) is 11.6 Å². The molecule has 4 nitrogen and oxygen atoms in total. The highest BCUT2D eigenvalue weighted by molar-refractivity contribution is 5.93. The predicted octanol–water partition coefficient (Wildman–Crippen LogP) is 2.71. The lowest BCUT2D eigenvalue weighted by Crippen LogP contribution is -2.43. The van der Waals surface area contributed by atoms with Crippen molar-refractivity contribution in [2.45, 2.75) is 67.5 Å². The lowest BCUT2D eigenvalue weighted by molar-refractivity contribution is -0.114. The molecule has 114 valence electrons. The Hall–Kier alpha value is -1.58. The Balaban J connectivity index is 4.78. The molecule has 0 rings (SSSR count). The van der Waals surface area contributed by atoms with E-state index in [2.05, 4.69) is 10.6 Å². The Morgan fingerprint density at radius 1 is 0.650 bits per heavy atom. The van der Waals surface area contributed by atoms with Gasteiger partial charge >= 0.3 is 0 Å². The molecule has 0 aliphatic heterocycles. The summed E-state index contributed by atoms with van der Waals surface area (Å²) in [5, 5.41) is 6.65. The zero-order valence-electron chi connectivity index (χ0n) is 14.0. The first kappa shape index (κ1) is 18.4. The summed E-state index contributed by atoms with van der Waals surface area (Å²) in [6.07, 6.45) is 0. The molecule has 0 radical (unpaired) electrons. The number of nitrogens with one attached hydrogen (secondary N) is 2. The molecule has 0 heterocycles. The second kappa shape index (κ2) is 7.88. The molecule has 0 aromatic rings. The summed E-state index contributed by atoms with van der Waals surface area (Å²) in [6.45, 7) is 14.7. The van der Waals surface area contributed by atoms with Crippen molar-refractivity contribution in [2.24, 2.45) is 0 Å². The van der Waals surface area contributed by atoms with Crippen LogP contribution in [-0.2, 0) is 9.59 Å². The van der Waals surface area contributed by atoms with Gasteiger partial charge in [0, 0.05) is 34.6 Å². The molecule has 2 atom stereocenters. The lowest BCUT2D eigenvalue weighted by Gasteiger charge is -2.26. The van der Waals surface area contributed by atoms with Crippen LogP contribution >= 0.6 is 0 Å². The number of allylic oxidation sites excluding steroid dienone is 4. The van der Waals surface area contributed by atoms with E-state index in [1.807, 2.05) is 41.5 Å². The van der Waals surface area contributed by atoms with Crippen LogP contribution in [0.15, 0.2) is 22.5 Å². The van der Waals surface area contributed by atoms with Gasteiger partial charge in [-0.25, -0.2) is 0 Å². The van der Waals surface area contributed by atoms with Gasteiger partial charge in [-0.2, -0.15) is 0 Å². The normalized spacial score (nSPS) is 16.6. The topological polar surface area (TPSA) is 58.2 Å². The smallest absolute Gasteiger partial charge is 0.157 e. The van der Waals surface area contributed by atoms with E-state index in [0.29, 0.717) is 0 Å². The van der Waals surface area contributed by atoms with Crippen LogP contribution in [0.2, 0.25) is 0 Å². The van der Waals surface area contributed by atoms with Crippen LogP contribution in [0, 0.1) is 0 Å². The molecule has 0 spiro atoms. The van der Waals surface area contributed by atoms with Crippen molar-refractivity contribution in [3.05, 3.63) is 22.5 Å². The zero-order chi connectivity index (χ0) is 16.0. The van der Waals surface area contributed by atoms with Crippen molar-refractivity contribution in [3.8, 4) is 0 Å². The maximum Gasteiger partial charge on any atom is 0.157 e. The van der Waals surface area contributed by atoms with E-state index in [9.17, 15) is 9.59 Å². The summed E-state index contributed by atoms with van der Waals surface area (Å²) in [7, 11) is 0. The van der Waals surface area contributed by atoms with Gasteiger partial charge in [0.05, 0.1) is 0 Å². The molecule has 2 unspecified atom stereocenters. The molecule has 0 aromatic carbocycles. The minimum atomic E-state index is 0.0753. The molecular formula is C16H28N2O2. The third kappa shape index (κ3) is 5.59. The first-order valence-electron chi connectivity index (χ1n) is 6.97. The van der Waals surface area contributed by atoms with Gasteiger partial charge in [-0.1, -0.05) is 0 Å². The summed E-state index contributed by atoms with van der Waals surface area (Å²) in [6, 6.07) is 0.276. The Bertz CT molecular complexity index is 405.